The molecule has 5 heteroatoms. The maximum absolute atomic E-state index is 13.8. The smallest absolute Gasteiger partial charge is 0.254 e. The summed E-state index contributed by atoms with van der Waals surface area (Å²) in [6, 6.07) is 4.41. The van der Waals surface area contributed by atoms with Crippen LogP contribution in [0.5, 0.6) is 5.75 Å². The lowest BCUT2D eigenvalue weighted by Crippen LogP contribution is -2.38. The normalized spacial score (nSPS) is 22.3. The van der Waals surface area contributed by atoms with Gasteiger partial charge in [-0.25, -0.2) is 4.39 Å². The van der Waals surface area contributed by atoms with Gasteiger partial charge in [0.15, 0.2) is 0 Å². The Hall–Kier alpha value is -1.10. The first-order valence-corrected chi connectivity index (χ1v) is 7.48. The molecule has 1 saturated carbocycles. The highest BCUT2D eigenvalue weighted by Gasteiger charge is 2.28. The van der Waals surface area contributed by atoms with Crippen molar-refractivity contribution in [2.24, 2.45) is 5.92 Å². The van der Waals surface area contributed by atoms with Crippen LogP contribution in [0.25, 0.3) is 0 Å². The van der Waals surface area contributed by atoms with Gasteiger partial charge in [-0.05, 0) is 30.9 Å². The average Bonchev–Trinajstić information content (AvgIpc) is 2.85. The van der Waals surface area contributed by atoms with Crippen LogP contribution in [0.15, 0.2) is 18.2 Å². The number of hydrogen-bond acceptors (Lipinski definition) is 2. The third kappa shape index (κ3) is 3.26. The summed E-state index contributed by atoms with van der Waals surface area (Å²) >= 11 is 3.45. The van der Waals surface area contributed by atoms with E-state index in [1.54, 1.807) is 6.07 Å². The van der Waals surface area contributed by atoms with Crippen LogP contribution in [0.3, 0.4) is 0 Å². The molecule has 1 amide bonds. The number of rotatable bonds is 4. The van der Waals surface area contributed by atoms with Crippen molar-refractivity contribution < 1.29 is 13.9 Å². The molecule has 0 aromatic heterocycles. The Morgan fingerprint density at radius 2 is 2.32 bits per heavy atom. The fraction of sp³-hybridized carbons (Fsp3) is 0.500. The standard InChI is InChI=1S/C14H17BrFNO2/c1-19-10-5-6-11(12(16)7-10)14(18)17-13-4-2-3-9(13)8-15/h5-7,9,13H,2-4,8H2,1H3,(H,17,18). The zero-order chi connectivity index (χ0) is 13.8. The van der Waals surface area contributed by atoms with Crippen LogP contribution >= 0.6 is 15.9 Å². The number of ether oxygens (including phenoxy) is 1. The molecule has 0 bridgehead atoms. The summed E-state index contributed by atoms with van der Waals surface area (Å²) in [6.45, 7) is 0. The monoisotopic (exact) mass is 329 g/mol. The second-order valence-electron chi connectivity index (χ2n) is 4.77. The van der Waals surface area contributed by atoms with Crippen LogP contribution in [0.4, 0.5) is 4.39 Å². The summed E-state index contributed by atoms with van der Waals surface area (Å²) in [5.74, 6) is -0.0539. The highest BCUT2D eigenvalue weighted by atomic mass is 79.9. The fourth-order valence-corrected chi connectivity index (χ4v) is 3.24. The van der Waals surface area contributed by atoms with Crippen molar-refractivity contribution in [3.8, 4) is 5.75 Å². The third-order valence-electron chi connectivity index (χ3n) is 3.59. The lowest BCUT2D eigenvalue weighted by molar-refractivity contribution is 0.0926. The SMILES string of the molecule is COc1ccc(C(=O)NC2CCCC2CBr)c(F)c1. The number of halogens is 2. The van der Waals surface area contributed by atoms with E-state index in [1.807, 2.05) is 0 Å². The number of hydrogen-bond donors (Lipinski definition) is 1. The zero-order valence-corrected chi connectivity index (χ0v) is 12.4. The fourth-order valence-electron chi connectivity index (χ4n) is 2.46. The Morgan fingerprint density at radius 3 is 2.95 bits per heavy atom. The van der Waals surface area contributed by atoms with Gasteiger partial charge in [-0.15, -0.1) is 0 Å². The molecule has 1 aliphatic carbocycles. The zero-order valence-electron chi connectivity index (χ0n) is 10.8. The van der Waals surface area contributed by atoms with E-state index in [4.69, 9.17) is 4.74 Å². The van der Waals surface area contributed by atoms with Gasteiger partial charge < -0.3 is 10.1 Å². The summed E-state index contributed by atoms with van der Waals surface area (Å²) in [5, 5.41) is 3.79. The highest BCUT2D eigenvalue weighted by molar-refractivity contribution is 9.09. The summed E-state index contributed by atoms with van der Waals surface area (Å²) in [5.41, 5.74) is 0.0704. The van der Waals surface area contributed by atoms with Crippen LogP contribution in [0, 0.1) is 11.7 Å². The van der Waals surface area contributed by atoms with Gasteiger partial charge >= 0.3 is 0 Å². The maximum atomic E-state index is 13.8. The van der Waals surface area contributed by atoms with E-state index in [0.717, 1.165) is 24.6 Å². The predicted molar refractivity (Wildman–Crippen MR) is 75.3 cm³/mol. The van der Waals surface area contributed by atoms with Crippen LogP contribution in [-0.2, 0) is 0 Å². The number of benzene rings is 1. The Bertz CT molecular complexity index is 467. The molecule has 19 heavy (non-hydrogen) atoms. The van der Waals surface area contributed by atoms with Crippen molar-refractivity contribution in [3.05, 3.63) is 29.6 Å². The van der Waals surface area contributed by atoms with Gasteiger partial charge in [0, 0.05) is 17.4 Å². The van der Waals surface area contributed by atoms with Gasteiger partial charge in [0.2, 0.25) is 0 Å². The number of carbonyl (C=O) groups is 1. The van der Waals surface area contributed by atoms with E-state index in [-0.39, 0.29) is 17.5 Å². The maximum Gasteiger partial charge on any atom is 0.254 e. The van der Waals surface area contributed by atoms with Gasteiger partial charge in [-0.3, -0.25) is 4.79 Å². The quantitative estimate of drug-likeness (QED) is 0.862. The van der Waals surface area contributed by atoms with Crippen LogP contribution < -0.4 is 10.1 Å². The van der Waals surface area contributed by atoms with Gasteiger partial charge in [-0.1, -0.05) is 22.4 Å². The third-order valence-corrected chi connectivity index (χ3v) is 4.43. The summed E-state index contributed by atoms with van der Waals surface area (Å²) < 4.78 is 18.7. The van der Waals surface area contributed by atoms with Crippen LogP contribution in [0.1, 0.15) is 29.6 Å². The molecule has 104 valence electrons. The minimum absolute atomic E-state index is 0.0704. The van der Waals surface area contributed by atoms with Gasteiger partial charge in [0.1, 0.15) is 11.6 Å². The van der Waals surface area contributed by atoms with E-state index in [0.29, 0.717) is 11.7 Å². The van der Waals surface area contributed by atoms with Crippen molar-refractivity contribution >= 4 is 21.8 Å². The molecule has 0 spiro atoms. The van der Waals surface area contributed by atoms with Crippen LogP contribution in [0.2, 0.25) is 0 Å². The lowest BCUT2D eigenvalue weighted by atomic mass is 10.1. The topological polar surface area (TPSA) is 38.3 Å². The van der Waals surface area contributed by atoms with E-state index in [2.05, 4.69) is 21.2 Å². The van der Waals surface area contributed by atoms with E-state index in [9.17, 15) is 9.18 Å². The first-order valence-electron chi connectivity index (χ1n) is 6.36. The molecule has 2 unspecified atom stereocenters. The Balaban J connectivity index is 2.07. The number of nitrogens with one attached hydrogen (secondary N) is 1. The lowest BCUT2D eigenvalue weighted by Gasteiger charge is -2.19. The van der Waals surface area contributed by atoms with Gasteiger partial charge in [-0.2, -0.15) is 0 Å². The number of carbonyl (C=O) groups excluding carboxylic acids is 1. The molecular weight excluding hydrogens is 313 g/mol. The van der Waals surface area contributed by atoms with Gasteiger partial charge in [0.25, 0.3) is 5.91 Å². The molecule has 0 radical (unpaired) electrons. The molecule has 1 aliphatic rings. The van der Waals surface area contributed by atoms with Crippen LogP contribution in [-0.4, -0.2) is 24.4 Å². The second-order valence-corrected chi connectivity index (χ2v) is 5.42. The molecule has 1 aromatic rings. The minimum Gasteiger partial charge on any atom is -0.497 e. The van der Waals surface area contributed by atoms with Crippen molar-refractivity contribution in [2.75, 3.05) is 12.4 Å². The van der Waals surface area contributed by atoms with Crippen molar-refractivity contribution in [1.29, 1.82) is 0 Å². The average molecular weight is 330 g/mol. The molecule has 1 aromatic carbocycles. The molecule has 2 rings (SSSR count). The largest absolute Gasteiger partial charge is 0.497 e. The van der Waals surface area contributed by atoms with Crippen molar-refractivity contribution in [3.63, 3.8) is 0 Å². The minimum atomic E-state index is -0.551. The Kier molecular flexibility index (Phi) is 4.80. The highest BCUT2D eigenvalue weighted by Crippen LogP contribution is 2.27. The number of amides is 1. The number of alkyl halides is 1. The molecule has 0 saturated heterocycles. The molecule has 1 fully saturated rings. The first-order chi connectivity index (χ1) is 9.15. The molecule has 0 heterocycles. The summed E-state index contributed by atoms with van der Waals surface area (Å²) in [7, 11) is 1.47. The van der Waals surface area contributed by atoms with E-state index < -0.39 is 5.82 Å². The number of methoxy groups -OCH3 is 1. The van der Waals surface area contributed by atoms with E-state index >= 15 is 0 Å². The molecule has 2 atom stereocenters. The predicted octanol–water partition coefficient (Wildman–Crippen LogP) is 3.13. The second kappa shape index (κ2) is 6.37. The Labute approximate surface area is 120 Å². The summed E-state index contributed by atoms with van der Waals surface area (Å²) in [6.07, 6.45) is 3.16. The molecule has 3 nitrogen and oxygen atoms in total. The molecular formula is C14H17BrFNO2. The van der Waals surface area contributed by atoms with Crippen molar-refractivity contribution in [1.82, 2.24) is 5.32 Å². The molecule has 0 aliphatic heterocycles. The summed E-state index contributed by atoms with van der Waals surface area (Å²) in [4.78, 5) is 12.1. The first kappa shape index (κ1) is 14.3. The van der Waals surface area contributed by atoms with Crippen molar-refractivity contribution in [2.45, 2.75) is 25.3 Å². The molecule has 1 N–H and O–H groups in total. The Morgan fingerprint density at radius 1 is 1.53 bits per heavy atom. The van der Waals surface area contributed by atoms with Gasteiger partial charge in [0.05, 0.1) is 12.7 Å². The van der Waals surface area contributed by atoms with E-state index in [1.165, 1.54) is 19.2 Å².